The molecule has 0 saturated carbocycles. The van der Waals surface area contributed by atoms with Gasteiger partial charge in [-0.3, -0.25) is 14.6 Å². The van der Waals surface area contributed by atoms with Gasteiger partial charge in [0.1, 0.15) is 23.6 Å². The molecule has 3 saturated heterocycles. The van der Waals surface area contributed by atoms with Crippen LogP contribution in [0.4, 0.5) is 0 Å². The highest BCUT2D eigenvalue weighted by Gasteiger charge is 2.53. The second-order valence-corrected chi connectivity index (χ2v) is 16.5. The SMILES string of the molecule is C=NC[C@H]1OC(=O)[C@H](C)[C@@H](OC2CC(C)(OC)C(O)C(C)O2)[C@H](C)[C@@H](OC2OC(C)CC(N(C)C)C2O)[C@](C)(O)C[C@@H](C)C(=O)[C@H](C)[C@@H](O)[C@]1(C)O. The molecule has 0 aliphatic carbocycles. The molecular weight excluding hydrogens is 680 g/mol. The van der Waals surface area contributed by atoms with Crippen molar-refractivity contribution in [3.63, 3.8) is 0 Å². The number of hydrogen-bond acceptors (Lipinski definition) is 15. The third kappa shape index (κ3) is 9.59. The summed E-state index contributed by atoms with van der Waals surface area (Å²) in [5.74, 6) is -5.29. The lowest BCUT2D eigenvalue weighted by Crippen LogP contribution is -2.61. The zero-order chi connectivity index (χ0) is 39.7. The zero-order valence-electron chi connectivity index (χ0n) is 33.1. The van der Waals surface area contributed by atoms with E-state index in [1.807, 2.05) is 25.9 Å². The van der Waals surface area contributed by atoms with Crippen molar-refractivity contribution in [2.24, 2.45) is 28.7 Å². The number of carbonyl (C=O) groups excluding carboxylic acids is 2. The fraction of sp³-hybridized carbons (Fsp3) is 0.919. The van der Waals surface area contributed by atoms with Crippen LogP contribution in [-0.2, 0) is 38.0 Å². The number of aliphatic hydroxyl groups is 5. The maximum atomic E-state index is 14.1. The molecule has 5 N–H and O–H groups in total. The molecule has 0 aromatic carbocycles. The molecule has 18 atom stereocenters. The van der Waals surface area contributed by atoms with E-state index in [1.54, 1.807) is 34.6 Å². The first-order chi connectivity index (χ1) is 23.9. The third-order valence-corrected chi connectivity index (χ3v) is 11.7. The Kier molecular flexibility index (Phi) is 15.0. The van der Waals surface area contributed by atoms with Crippen LogP contribution in [0.2, 0.25) is 0 Å². The molecule has 3 rings (SSSR count). The van der Waals surface area contributed by atoms with Crippen molar-refractivity contribution in [1.29, 1.82) is 0 Å². The van der Waals surface area contributed by atoms with Gasteiger partial charge in [-0.05, 0) is 75.2 Å². The topological polar surface area (TPSA) is 206 Å². The van der Waals surface area contributed by atoms with Crippen molar-refractivity contribution in [2.75, 3.05) is 27.7 Å². The number of ether oxygens (including phenoxy) is 6. The van der Waals surface area contributed by atoms with E-state index >= 15 is 0 Å². The molecule has 3 fully saturated rings. The molecule has 0 aromatic heterocycles. The summed E-state index contributed by atoms with van der Waals surface area (Å²) < 4.78 is 37.0. The van der Waals surface area contributed by atoms with Crippen molar-refractivity contribution in [1.82, 2.24) is 4.90 Å². The maximum Gasteiger partial charge on any atom is 0.311 e. The number of methoxy groups -OCH3 is 1. The van der Waals surface area contributed by atoms with E-state index in [4.69, 9.17) is 28.4 Å². The van der Waals surface area contributed by atoms with E-state index in [9.17, 15) is 35.1 Å². The first-order valence-corrected chi connectivity index (χ1v) is 18.4. The van der Waals surface area contributed by atoms with Crippen molar-refractivity contribution in [2.45, 2.75) is 166 Å². The number of Topliss-reactive ketones (excluding diaryl/α,β-unsaturated/α-hetero) is 1. The van der Waals surface area contributed by atoms with E-state index in [0.717, 1.165) is 0 Å². The van der Waals surface area contributed by atoms with Gasteiger partial charge in [0.05, 0.1) is 54.2 Å². The van der Waals surface area contributed by atoms with E-state index in [-0.39, 0.29) is 31.5 Å². The number of aliphatic imine (C=N–C) groups is 1. The van der Waals surface area contributed by atoms with Crippen LogP contribution in [0.5, 0.6) is 0 Å². The fourth-order valence-corrected chi connectivity index (χ4v) is 8.25. The van der Waals surface area contributed by atoms with E-state index in [2.05, 4.69) is 11.7 Å². The second kappa shape index (κ2) is 17.4. The molecule has 302 valence electrons. The number of cyclic esters (lactones) is 1. The van der Waals surface area contributed by atoms with Gasteiger partial charge in [-0.1, -0.05) is 20.8 Å². The Morgan fingerprint density at radius 2 is 1.54 bits per heavy atom. The molecule has 0 radical (unpaired) electrons. The van der Waals surface area contributed by atoms with Crippen LogP contribution in [0.3, 0.4) is 0 Å². The average Bonchev–Trinajstić information content (AvgIpc) is 3.06. The van der Waals surface area contributed by atoms with Crippen LogP contribution in [-0.4, -0.2) is 161 Å². The summed E-state index contributed by atoms with van der Waals surface area (Å²) >= 11 is 0. The predicted molar refractivity (Wildman–Crippen MR) is 190 cm³/mol. The van der Waals surface area contributed by atoms with Gasteiger partial charge >= 0.3 is 5.97 Å². The number of carbonyl (C=O) groups is 2. The van der Waals surface area contributed by atoms with E-state index < -0.39 is 108 Å². The second-order valence-electron chi connectivity index (χ2n) is 16.5. The van der Waals surface area contributed by atoms with E-state index in [1.165, 1.54) is 27.9 Å². The highest BCUT2D eigenvalue weighted by molar-refractivity contribution is 5.83. The summed E-state index contributed by atoms with van der Waals surface area (Å²) in [6.45, 7) is 17.6. The predicted octanol–water partition coefficient (Wildman–Crippen LogP) is 1.08. The average molecular weight is 747 g/mol. The highest BCUT2D eigenvalue weighted by atomic mass is 16.7. The van der Waals surface area contributed by atoms with Crippen molar-refractivity contribution >= 4 is 18.5 Å². The van der Waals surface area contributed by atoms with Crippen LogP contribution in [0.25, 0.3) is 0 Å². The smallest absolute Gasteiger partial charge is 0.311 e. The Morgan fingerprint density at radius 1 is 0.923 bits per heavy atom. The molecule has 0 spiro atoms. The van der Waals surface area contributed by atoms with Crippen molar-refractivity contribution in [3.05, 3.63) is 0 Å². The number of aliphatic hydroxyl groups excluding tert-OH is 3. The summed E-state index contributed by atoms with van der Waals surface area (Å²) in [6, 6.07) is -0.338. The van der Waals surface area contributed by atoms with Crippen LogP contribution in [0.1, 0.15) is 81.6 Å². The van der Waals surface area contributed by atoms with Crippen LogP contribution < -0.4 is 0 Å². The quantitative estimate of drug-likeness (QED) is 0.174. The minimum atomic E-state index is -2.13. The minimum Gasteiger partial charge on any atom is -0.457 e. The van der Waals surface area contributed by atoms with Gasteiger partial charge in [-0.25, -0.2) is 0 Å². The summed E-state index contributed by atoms with van der Waals surface area (Å²) in [4.78, 5) is 33.7. The summed E-state index contributed by atoms with van der Waals surface area (Å²) in [7, 11) is 5.15. The lowest BCUT2D eigenvalue weighted by atomic mass is 9.74. The molecule has 15 heteroatoms. The first kappa shape index (κ1) is 44.8. The first-order valence-electron chi connectivity index (χ1n) is 18.4. The lowest BCUT2D eigenvalue weighted by Gasteiger charge is -2.49. The number of rotatable bonds is 8. The Balaban J connectivity index is 2.20. The molecule has 3 aliphatic heterocycles. The van der Waals surface area contributed by atoms with Gasteiger partial charge in [-0.15, -0.1) is 0 Å². The molecular formula is C37H66N2O13. The maximum absolute atomic E-state index is 14.1. The summed E-state index contributed by atoms with van der Waals surface area (Å²) in [6.07, 6.45) is -10.4. The van der Waals surface area contributed by atoms with Crippen LogP contribution in [0.15, 0.2) is 4.99 Å². The third-order valence-electron chi connectivity index (χ3n) is 11.7. The number of hydrogen-bond donors (Lipinski definition) is 5. The van der Waals surface area contributed by atoms with Gasteiger partial charge < -0.3 is 58.9 Å². The van der Waals surface area contributed by atoms with Gasteiger partial charge in [-0.2, -0.15) is 0 Å². The molecule has 0 amide bonds. The van der Waals surface area contributed by atoms with Crippen molar-refractivity contribution < 1.29 is 63.5 Å². The Hall–Kier alpha value is -1.63. The summed E-state index contributed by atoms with van der Waals surface area (Å²) in [5.41, 5.74) is -5.02. The number of esters is 1. The van der Waals surface area contributed by atoms with Gasteiger partial charge in [0.15, 0.2) is 18.7 Å². The normalized spacial score (nSPS) is 48.9. The fourth-order valence-electron chi connectivity index (χ4n) is 8.25. The largest absolute Gasteiger partial charge is 0.457 e. The molecule has 8 unspecified atom stereocenters. The molecule has 0 bridgehead atoms. The molecule has 3 heterocycles. The van der Waals surface area contributed by atoms with Crippen LogP contribution >= 0.6 is 0 Å². The minimum absolute atomic E-state index is 0.0712. The molecule has 52 heavy (non-hydrogen) atoms. The monoisotopic (exact) mass is 746 g/mol. The van der Waals surface area contributed by atoms with E-state index in [0.29, 0.717) is 6.42 Å². The van der Waals surface area contributed by atoms with Gasteiger partial charge in [0, 0.05) is 37.3 Å². The van der Waals surface area contributed by atoms with Crippen LogP contribution in [0, 0.1) is 23.7 Å². The summed E-state index contributed by atoms with van der Waals surface area (Å²) in [5, 5.41) is 57.7. The highest BCUT2D eigenvalue weighted by Crippen LogP contribution is 2.40. The Morgan fingerprint density at radius 3 is 2.10 bits per heavy atom. The van der Waals surface area contributed by atoms with Gasteiger partial charge in [0.2, 0.25) is 0 Å². The Bertz CT molecular complexity index is 1220. The Labute approximate surface area is 308 Å². The van der Waals surface area contributed by atoms with Gasteiger partial charge in [0.25, 0.3) is 0 Å². The molecule has 15 nitrogen and oxygen atoms in total. The molecule has 0 aromatic rings. The number of nitrogens with zero attached hydrogens (tertiary/aromatic N) is 2. The number of likely N-dealkylation sites (N-methyl/N-ethyl adjacent to an activating group) is 1. The molecule has 3 aliphatic rings. The lowest BCUT2D eigenvalue weighted by molar-refractivity contribution is -0.318. The number of ketones is 1. The zero-order valence-corrected chi connectivity index (χ0v) is 33.1. The standard InChI is InChI=1S/C37H66N2O13/c1-18-15-35(7,45)32(52-34-28(41)24(39(11)12)14-19(2)48-34)21(4)29(51-26-16-36(8,47-13)31(43)23(6)49-26)22(5)33(44)50-25(17-38-10)37(9,46)30(42)20(3)27(18)40/h18-26,28-32,34,41-43,45-46H,10,14-17H2,1-9,11-13H3/t18-,19?,20+,21+,22-,23?,24?,25-,26?,28?,29+,30-,31?,32-,34?,35-,36?,37-/m1/s1. The van der Waals surface area contributed by atoms with Crippen molar-refractivity contribution in [3.8, 4) is 0 Å².